The summed E-state index contributed by atoms with van der Waals surface area (Å²) in [6, 6.07) is 6.89. The van der Waals surface area contributed by atoms with E-state index >= 15 is 0 Å². The van der Waals surface area contributed by atoms with Crippen molar-refractivity contribution >= 4 is 11.7 Å². The molecule has 3 rings (SSSR count). The van der Waals surface area contributed by atoms with E-state index in [2.05, 4.69) is 15.5 Å². The molecule has 1 aromatic heterocycles. The van der Waals surface area contributed by atoms with E-state index in [1.54, 1.807) is 12.1 Å². The molecule has 0 saturated carbocycles. The summed E-state index contributed by atoms with van der Waals surface area (Å²) in [5, 5.41) is 10.8. The third-order valence-electron chi connectivity index (χ3n) is 3.91. The Kier molecular flexibility index (Phi) is 5.18. The Morgan fingerprint density at radius 3 is 2.68 bits per heavy atom. The highest BCUT2D eigenvalue weighted by Gasteiger charge is 2.22. The maximum Gasteiger partial charge on any atom is 0.216 e. The summed E-state index contributed by atoms with van der Waals surface area (Å²) in [5.74, 6) is -0.874. The summed E-state index contributed by atoms with van der Waals surface area (Å²) in [5.41, 5.74) is -0.0468. The number of halogens is 2. The topological polar surface area (TPSA) is 67.4 Å². The first-order chi connectivity index (χ1) is 12.0. The van der Waals surface area contributed by atoms with Crippen LogP contribution >= 0.6 is 0 Å². The molecule has 1 aliphatic rings. The summed E-state index contributed by atoms with van der Waals surface area (Å²) < 4.78 is 33.2. The van der Waals surface area contributed by atoms with Crippen molar-refractivity contribution in [3.05, 3.63) is 42.0 Å². The standard InChI is InChI=1S/C17H18F2N4O2/c1-11(24)20-9-12-10-23(7-8-25-12)16-6-5-15(21-22-16)17-13(18)3-2-4-14(17)19/h2-6,12H,7-10H2,1H3,(H,20,24). The van der Waals surface area contributed by atoms with Crippen LogP contribution in [-0.2, 0) is 9.53 Å². The summed E-state index contributed by atoms with van der Waals surface area (Å²) in [4.78, 5) is 13.0. The van der Waals surface area contributed by atoms with E-state index in [-0.39, 0.29) is 23.3 Å². The van der Waals surface area contributed by atoms with Gasteiger partial charge in [-0.3, -0.25) is 4.79 Å². The molecule has 1 unspecified atom stereocenters. The largest absolute Gasteiger partial charge is 0.373 e. The molecule has 0 bridgehead atoms. The van der Waals surface area contributed by atoms with Crippen molar-refractivity contribution in [2.75, 3.05) is 31.1 Å². The highest BCUT2D eigenvalue weighted by atomic mass is 19.1. The predicted molar refractivity (Wildman–Crippen MR) is 88.0 cm³/mol. The Balaban J connectivity index is 1.73. The molecule has 1 atom stereocenters. The van der Waals surface area contributed by atoms with Crippen molar-refractivity contribution in [2.45, 2.75) is 13.0 Å². The Bertz CT molecular complexity index is 735. The van der Waals surface area contributed by atoms with E-state index in [1.165, 1.54) is 25.1 Å². The maximum atomic E-state index is 13.8. The minimum absolute atomic E-state index is 0.114. The van der Waals surface area contributed by atoms with E-state index < -0.39 is 11.6 Å². The first kappa shape index (κ1) is 17.2. The molecular weight excluding hydrogens is 330 g/mol. The number of hydrogen-bond donors (Lipinski definition) is 1. The number of hydrogen-bond acceptors (Lipinski definition) is 5. The first-order valence-electron chi connectivity index (χ1n) is 7.93. The molecule has 0 spiro atoms. The van der Waals surface area contributed by atoms with Gasteiger partial charge >= 0.3 is 0 Å². The van der Waals surface area contributed by atoms with Gasteiger partial charge in [-0.1, -0.05) is 6.07 Å². The van der Waals surface area contributed by atoms with Gasteiger partial charge in [-0.2, -0.15) is 0 Å². The van der Waals surface area contributed by atoms with Crippen LogP contribution in [0.25, 0.3) is 11.3 Å². The quantitative estimate of drug-likeness (QED) is 0.912. The van der Waals surface area contributed by atoms with Gasteiger partial charge in [-0.15, -0.1) is 10.2 Å². The molecule has 2 aromatic rings. The molecule has 6 nitrogen and oxygen atoms in total. The van der Waals surface area contributed by atoms with Crippen LogP contribution in [0.15, 0.2) is 30.3 Å². The number of aromatic nitrogens is 2. The molecule has 0 radical (unpaired) electrons. The summed E-state index contributed by atoms with van der Waals surface area (Å²) in [6.45, 7) is 3.53. The molecule has 1 saturated heterocycles. The zero-order valence-corrected chi connectivity index (χ0v) is 13.7. The number of carbonyl (C=O) groups excluding carboxylic acids is 1. The number of nitrogens with one attached hydrogen (secondary N) is 1. The molecule has 0 aliphatic carbocycles. The lowest BCUT2D eigenvalue weighted by atomic mass is 10.1. The van der Waals surface area contributed by atoms with E-state index in [1.807, 2.05) is 4.90 Å². The van der Waals surface area contributed by atoms with Crippen molar-refractivity contribution < 1.29 is 18.3 Å². The fourth-order valence-corrected chi connectivity index (χ4v) is 2.68. The lowest BCUT2D eigenvalue weighted by Gasteiger charge is -2.33. The summed E-state index contributed by atoms with van der Waals surface area (Å²) in [7, 11) is 0. The van der Waals surface area contributed by atoms with Gasteiger partial charge < -0.3 is 15.0 Å². The number of anilines is 1. The monoisotopic (exact) mass is 348 g/mol. The molecule has 2 heterocycles. The average Bonchev–Trinajstić information content (AvgIpc) is 2.61. The third kappa shape index (κ3) is 4.08. The van der Waals surface area contributed by atoms with Gasteiger partial charge in [0, 0.05) is 26.6 Å². The molecule has 8 heteroatoms. The van der Waals surface area contributed by atoms with Crippen LogP contribution in [-0.4, -0.2) is 48.4 Å². The lowest BCUT2D eigenvalue weighted by molar-refractivity contribution is -0.119. The van der Waals surface area contributed by atoms with Crippen molar-refractivity contribution in [1.82, 2.24) is 15.5 Å². The van der Waals surface area contributed by atoms with Crippen LogP contribution in [0.4, 0.5) is 14.6 Å². The minimum Gasteiger partial charge on any atom is -0.373 e. The van der Waals surface area contributed by atoms with Crippen molar-refractivity contribution in [3.63, 3.8) is 0 Å². The van der Waals surface area contributed by atoms with Crippen LogP contribution in [0.2, 0.25) is 0 Å². The van der Waals surface area contributed by atoms with Gasteiger partial charge in [0.05, 0.1) is 24.0 Å². The Labute approximate surface area is 143 Å². The normalized spacial score (nSPS) is 17.4. The molecule has 25 heavy (non-hydrogen) atoms. The van der Waals surface area contributed by atoms with E-state index in [9.17, 15) is 13.6 Å². The van der Waals surface area contributed by atoms with Crippen LogP contribution in [0, 0.1) is 11.6 Å². The van der Waals surface area contributed by atoms with Crippen LogP contribution in [0.5, 0.6) is 0 Å². The van der Waals surface area contributed by atoms with Crippen LogP contribution in [0.3, 0.4) is 0 Å². The Morgan fingerprint density at radius 1 is 1.28 bits per heavy atom. The number of amides is 1. The summed E-state index contributed by atoms with van der Waals surface area (Å²) in [6.07, 6.45) is -0.150. The Hall–Kier alpha value is -2.61. The average molecular weight is 348 g/mol. The first-order valence-corrected chi connectivity index (χ1v) is 7.93. The molecule has 1 amide bonds. The highest BCUT2D eigenvalue weighted by molar-refractivity contribution is 5.72. The van der Waals surface area contributed by atoms with Crippen molar-refractivity contribution in [2.24, 2.45) is 0 Å². The molecule has 1 aliphatic heterocycles. The Morgan fingerprint density at radius 2 is 2.04 bits per heavy atom. The van der Waals surface area contributed by atoms with Gasteiger partial charge in [0.25, 0.3) is 0 Å². The minimum atomic E-state index is -0.677. The van der Waals surface area contributed by atoms with E-state index in [4.69, 9.17) is 4.74 Å². The zero-order valence-electron chi connectivity index (χ0n) is 13.7. The van der Waals surface area contributed by atoms with Crippen LogP contribution in [0.1, 0.15) is 6.92 Å². The van der Waals surface area contributed by atoms with Crippen LogP contribution < -0.4 is 10.2 Å². The molecule has 132 valence electrons. The fourth-order valence-electron chi connectivity index (χ4n) is 2.68. The zero-order chi connectivity index (χ0) is 17.8. The van der Waals surface area contributed by atoms with E-state index in [0.29, 0.717) is 32.1 Å². The molecule has 1 N–H and O–H groups in total. The number of benzene rings is 1. The fraction of sp³-hybridized carbons (Fsp3) is 0.353. The number of rotatable bonds is 4. The third-order valence-corrected chi connectivity index (χ3v) is 3.91. The van der Waals surface area contributed by atoms with Gasteiger partial charge in [0.2, 0.25) is 5.91 Å². The smallest absolute Gasteiger partial charge is 0.216 e. The highest BCUT2D eigenvalue weighted by Crippen LogP contribution is 2.25. The second kappa shape index (κ2) is 7.52. The molecular formula is C17H18F2N4O2. The second-order valence-corrected chi connectivity index (χ2v) is 5.75. The number of nitrogens with zero attached hydrogens (tertiary/aromatic N) is 3. The van der Waals surface area contributed by atoms with Gasteiger partial charge in [-0.25, -0.2) is 8.78 Å². The second-order valence-electron chi connectivity index (χ2n) is 5.75. The number of ether oxygens (including phenoxy) is 1. The van der Waals surface area contributed by atoms with Gasteiger partial charge in [-0.05, 0) is 24.3 Å². The van der Waals surface area contributed by atoms with Gasteiger partial charge in [0.15, 0.2) is 5.82 Å². The number of carbonyl (C=O) groups is 1. The molecule has 1 fully saturated rings. The van der Waals surface area contributed by atoms with Gasteiger partial charge in [0.1, 0.15) is 11.6 Å². The lowest BCUT2D eigenvalue weighted by Crippen LogP contribution is -2.47. The van der Waals surface area contributed by atoms with E-state index in [0.717, 1.165) is 0 Å². The molecule has 1 aromatic carbocycles. The SMILES string of the molecule is CC(=O)NCC1CN(c2ccc(-c3c(F)cccc3F)nn2)CCO1. The maximum absolute atomic E-state index is 13.8. The summed E-state index contributed by atoms with van der Waals surface area (Å²) >= 11 is 0. The number of morpholine rings is 1. The van der Waals surface area contributed by atoms with Crippen molar-refractivity contribution in [1.29, 1.82) is 0 Å². The predicted octanol–water partition coefficient (Wildman–Crippen LogP) is 1.76. The van der Waals surface area contributed by atoms with Crippen molar-refractivity contribution in [3.8, 4) is 11.3 Å².